The van der Waals surface area contributed by atoms with E-state index >= 15 is 0 Å². The molecule has 2 rings (SSSR count). The van der Waals surface area contributed by atoms with Crippen molar-refractivity contribution in [2.45, 2.75) is 5.25 Å². The Morgan fingerprint density at radius 1 is 1.60 bits per heavy atom. The number of hydrogen-bond donors (Lipinski definition) is 1. The van der Waals surface area contributed by atoms with E-state index in [1.165, 1.54) is 24.9 Å². The third kappa shape index (κ3) is 3.22. The van der Waals surface area contributed by atoms with Gasteiger partial charge in [0.05, 0.1) is 12.2 Å². The largest absolute Gasteiger partial charge is 0.340 e. The fourth-order valence-electron chi connectivity index (χ4n) is 1.68. The molecular weight excluding hydrogens is 399 g/mol. The van der Waals surface area contributed by atoms with Gasteiger partial charge in [0.2, 0.25) is 0 Å². The lowest BCUT2D eigenvalue weighted by Gasteiger charge is -2.22. The van der Waals surface area contributed by atoms with Gasteiger partial charge < -0.3 is 5.32 Å². The van der Waals surface area contributed by atoms with Crippen molar-refractivity contribution in [3.8, 4) is 0 Å². The van der Waals surface area contributed by atoms with Gasteiger partial charge in [-0.05, 0) is 12.1 Å². The van der Waals surface area contributed by atoms with Crippen molar-refractivity contribution in [1.29, 1.82) is 0 Å². The van der Waals surface area contributed by atoms with Crippen molar-refractivity contribution < 1.29 is 13.6 Å². The van der Waals surface area contributed by atoms with Crippen LogP contribution in [0.2, 0.25) is 0 Å². The van der Waals surface area contributed by atoms with Gasteiger partial charge in [-0.3, -0.25) is 4.99 Å². The fourth-order valence-corrected chi connectivity index (χ4v) is 3.44. The zero-order valence-electron chi connectivity index (χ0n) is 10.6. The van der Waals surface area contributed by atoms with E-state index in [0.717, 1.165) is 21.5 Å². The first kappa shape index (κ1) is 15.5. The van der Waals surface area contributed by atoms with Crippen molar-refractivity contribution in [1.82, 2.24) is 5.32 Å². The molecule has 1 aromatic rings. The molecule has 1 N–H and O–H groups in total. The number of nitrogens with one attached hydrogen (secondary N) is 1. The summed E-state index contributed by atoms with van der Waals surface area (Å²) in [6.07, 6.45) is 0. The van der Waals surface area contributed by atoms with E-state index in [1.54, 1.807) is 0 Å². The van der Waals surface area contributed by atoms with Crippen molar-refractivity contribution in [2.75, 3.05) is 22.9 Å². The number of halogens is 3. The van der Waals surface area contributed by atoms with Crippen LogP contribution in [0.1, 0.15) is 0 Å². The molecule has 8 heteroatoms. The van der Waals surface area contributed by atoms with E-state index in [9.17, 15) is 13.6 Å². The Bertz CT molecular complexity index is 556. The first-order valence-corrected chi connectivity index (χ1v) is 8.21. The van der Waals surface area contributed by atoms with Gasteiger partial charge >= 0.3 is 6.03 Å². The molecule has 1 unspecified atom stereocenters. The summed E-state index contributed by atoms with van der Waals surface area (Å²) in [6, 6.07) is 2.60. The lowest BCUT2D eigenvalue weighted by Crippen LogP contribution is -2.41. The minimum absolute atomic E-state index is 0.00823. The molecule has 20 heavy (non-hydrogen) atoms. The topological polar surface area (TPSA) is 44.7 Å². The molecule has 1 heterocycles. The molecule has 1 aromatic carbocycles. The van der Waals surface area contributed by atoms with Gasteiger partial charge in [0.25, 0.3) is 0 Å². The van der Waals surface area contributed by atoms with Gasteiger partial charge in [0, 0.05) is 22.8 Å². The summed E-state index contributed by atoms with van der Waals surface area (Å²) in [5, 5.41) is 3.14. The van der Waals surface area contributed by atoms with E-state index in [2.05, 4.69) is 32.9 Å². The van der Waals surface area contributed by atoms with E-state index in [-0.39, 0.29) is 10.9 Å². The summed E-state index contributed by atoms with van der Waals surface area (Å²) in [6.45, 7) is 0.583. The number of alkyl halides is 1. The van der Waals surface area contributed by atoms with Crippen LogP contribution in [0.5, 0.6) is 0 Å². The van der Waals surface area contributed by atoms with E-state index in [4.69, 9.17) is 0 Å². The summed E-state index contributed by atoms with van der Waals surface area (Å²) in [5.41, 5.74) is -0.00823. The Morgan fingerprint density at radius 3 is 2.90 bits per heavy atom. The Balaban J connectivity index is 2.36. The maximum atomic E-state index is 13.9. The Hall–Kier alpha value is -0.900. The van der Waals surface area contributed by atoms with E-state index in [1.807, 2.05) is 0 Å². The molecule has 2 amide bonds. The van der Waals surface area contributed by atoms with Crippen LogP contribution >= 0.6 is 34.4 Å². The van der Waals surface area contributed by atoms with Crippen LogP contribution in [0.3, 0.4) is 0 Å². The number of urea groups is 1. The average molecular weight is 411 g/mol. The van der Waals surface area contributed by atoms with Crippen LogP contribution < -0.4 is 10.2 Å². The Kier molecular flexibility index (Phi) is 5.19. The minimum Gasteiger partial charge on any atom is -0.340 e. The average Bonchev–Trinajstić information content (AvgIpc) is 2.89. The zero-order valence-corrected chi connectivity index (χ0v) is 13.5. The molecule has 0 bridgehead atoms. The third-order valence-electron chi connectivity index (χ3n) is 2.63. The summed E-state index contributed by atoms with van der Waals surface area (Å²) in [5.74, 6) is -1.48. The van der Waals surface area contributed by atoms with Crippen molar-refractivity contribution >= 4 is 51.2 Å². The minimum atomic E-state index is -0.796. The summed E-state index contributed by atoms with van der Waals surface area (Å²) >= 11 is 3.66. The number of nitrogens with zero attached hydrogens (tertiary/aromatic N) is 2. The molecule has 0 fully saturated rings. The maximum Gasteiger partial charge on any atom is 0.327 e. The standard InChI is InChI=1S/C12H12F2IN3OS/c1-16-11(19)18(12-17-6-8(5-15)20-12)10-3-2-7(13)4-9(10)14/h2-4,8H,5-6H2,1H3,(H,16,19). The van der Waals surface area contributed by atoms with Gasteiger partial charge in [-0.25, -0.2) is 18.5 Å². The van der Waals surface area contributed by atoms with Crippen molar-refractivity contribution in [3.63, 3.8) is 0 Å². The second-order valence-corrected chi connectivity index (χ2v) is 6.15. The molecule has 0 radical (unpaired) electrons. The van der Waals surface area contributed by atoms with Gasteiger partial charge in [-0.2, -0.15) is 0 Å². The zero-order chi connectivity index (χ0) is 14.7. The van der Waals surface area contributed by atoms with Crippen LogP contribution in [0.4, 0.5) is 19.3 Å². The van der Waals surface area contributed by atoms with Crippen LogP contribution in [-0.2, 0) is 0 Å². The molecule has 4 nitrogen and oxygen atoms in total. The number of anilines is 1. The molecule has 108 valence electrons. The molecule has 1 aliphatic heterocycles. The van der Waals surface area contributed by atoms with Crippen LogP contribution in [0, 0.1) is 11.6 Å². The number of carbonyl (C=O) groups excluding carboxylic acids is 1. The van der Waals surface area contributed by atoms with Gasteiger partial charge in [0.15, 0.2) is 5.17 Å². The highest BCUT2D eigenvalue weighted by Crippen LogP contribution is 2.30. The monoisotopic (exact) mass is 411 g/mol. The second kappa shape index (κ2) is 6.70. The molecule has 1 aliphatic rings. The number of hydrogen-bond acceptors (Lipinski definition) is 3. The fraction of sp³-hybridized carbons (Fsp3) is 0.333. The number of amides is 2. The normalized spacial score (nSPS) is 17.8. The lowest BCUT2D eigenvalue weighted by atomic mass is 10.3. The van der Waals surface area contributed by atoms with Gasteiger partial charge in [0.1, 0.15) is 11.6 Å². The molecule has 0 aromatic heterocycles. The van der Waals surface area contributed by atoms with E-state index < -0.39 is 17.7 Å². The maximum absolute atomic E-state index is 13.9. The predicted molar refractivity (Wildman–Crippen MR) is 85.9 cm³/mol. The highest BCUT2D eigenvalue weighted by atomic mass is 127. The smallest absolute Gasteiger partial charge is 0.327 e. The Morgan fingerprint density at radius 2 is 2.35 bits per heavy atom. The molecule has 0 spiro atoms. The van der Waals surface area contributed by atoms with Crippen LogP contribution in [0.25, 0.3) is 0 Å². The Labute approximate surface area is 133 Å². The van der Waals surface area contributed by atoms with E-state index in [0.29, 0.717) is 11.7 Å². The summed E-state index contributed by atoms with van der Waals surface area (Å²) < 4.78 is 27.8. The summed E-state index contributed by atoms with van der Waals surface area (Å²) in [7, 11) is 1.45. The lowest BCUT2D eigenvalue weighted by molar-refractivity contribution is 0.251. The second-order valence-electron chi connectivity index (χ2n) is 4.00. The molecule has 0 aliphatic carbocycles. The van der Waals surface area contributed by atoms with Gasteiger partial charge in [-0.1, -0.05) is 34.4 Å². The number of benzene rings is 1. The van der Waals surface area contributed by atoms with Crippen LogP contribution in [-0.4, -0.2) is 34.5 Å². The number of carbonyl (C=O) groups is 1. The van der Waals surface area contributed by atoms with Gasteiger partial charge in [-0.15, -0.1) is 0 Å². The highest BCUT2D eigenvalue weighted by molar-refractivity contribution is 14.1. The van der Waals surface area contributed by atoms with Crippen LogP contribution in [0.15, 0.2) is 23.2 Å². The van der Waals surface area contributed by atoms with Crippen molar-refractivity contribution in [3.05, 3.63) is 29.8 Å². The summed E-state index contributed by atoms with van der Waals surface area (Å²) in [4.78, 5) is 17.4. The third-order valence-corrected chi connectivity index (χ3v) is 5.47. The number of amidine groups is 1. The number of rotatable bonds is 2. The molecule has 1 atom stereocenters. The quantitative estimate of drug-likeness (QED) is 0.601. The first-order valence-electron chi connectivity index (χ1n) is 5.80. The predicted octanol–water partition coefficient (Wildman–Crippen LogP) is 3.02. The molecular formula is C12H12F2IN3OS. The first-order chi connectivity index (χ1) is 9.56. The highest BCUT2D eigenvalue weighted by Gasteiger charge is 2.29. The number of aliphatic imine (C=N–C) groups is 1. The number of thioether (sulfide) groups is 1. The molecule has 0 saturated heterocycles. The SMILES string of the molecule is CNC(=O)N(C1=NCC(CI)S1)c1ccc(F)cc1F. The molecule has 0 saturated carbocycles. The van der Waals surface area contributed by atoms with Crippen molar-refractivity contribution in [2.24, 2.45) is 4.99 Å².